The fourth-order valence-corrected chi connectivity index (χ4v) is 4.35. The van der Waals surface area contributed by atoms with E-state index in [4.69, 9.17) is 4.42 Å². The Morgan fingerprint density at radius 3 is 2.81 bits per heavy atom. The second-order valence-electron chi connectivity index (χ2n) is 8.28. The lowest BCUT2D eigenvalue weighted by Gasteiger charge is -2.35. The first-order valence-corrected chi connectivity index (χ1v) is 10.9. The molecule has 3 heterocycles. The van der Waals surface area contributed by atoms with E-state index in [-0.39, 0.29) is 11.9 Å². The number of hydrogen-bond acceptors (Lipinski definition) is 4. The molecule has 0 spiro atoms. The third kappa shape index (κ3) is 4.10. The largest absolute Gasteiger partial charge is 0.421 e. The molecule has 1 N–H and O–H groups in total. The summed E-state index contributed by atoms with van der Waals surface area (Å²) in [6.07, 6.45) is 3.98. The number of nitrogens with one attached hydrogen (secondary N) is 1. The highest BCUT2D eigenvalue weighted by Gasteiger charge is 2.29. The molecule has 4 aromatic rings. The van der Waals surface area contributed by atoms with Gasteiger partial charge in [0.25, 0.3) is 0 Å². The average molecular weight is 415 g/mol. The smallest absolute Gasteiger partial charge is 0.247 e. The Hall–Kier alpha value is -3.41. The van der Waals surface area contributed by atoms with E-state index < -0.39 is 0 Å². The minimum absolute atomic E-state index is 0.0967. The van der Waals surface area contributed by atoms with Gasteiger partial charge >= 0.3 is 0 Å². The molecule has 158 valence electrons. The number of amides is 1. The summed E-state index contributed by atoms with van der Waals surface area (Å²) < 4.78 is 5.80. The van der Waals surface area contributed by atoms with Crippen LogP contribution in [-0.2, 0) is 11.2 Å². The summed E-state index contributed by atoms with van der Waals surface area (Å²) in [6.45, 7) is 2.83. The molecule has 0 radical (unpaired) electrons. The lowest BCUT2D eigenvalue weighted by molar-refractivity contribution is -0.135. The molecule has 31 heavy (non-hydrogen) atoms. The fraction of sp³-hybridized carbons (Fsp3) is 0.320. The Labute approximate surface area is 181 Å². The van der Waals surface area contributed by atoms with Crippen molar-refractivity contribution in [1.29, 1.82) is 0 Å². The first-order chi connectivity index (χ1) is 15.2. The van der Waals surface area contributed by atoms with Crippen LogP contribution in [-0.4, -0.2) is 32.5 Å². The van der Waals surface area contributed by atoms with E-state index in [1.165, 1.54) is 10.9 Å². The Bertz CT molecular complexity index is 1160. The van der Waals surface area contributed by atoms with Crippen molar-refractivity contribution in [2.45, 2.75) is 45.1 Å². The molecule has 2 aromatic heterocycles. The molecule has 1 amide bonds. The molecule has 6 heteroatoms. The van der Waals surface area contributed by atoms with Crippen LogP contribution in [0.5, 0.6) is 0 Å². The first kappa shape index (κ1) is 19.5. The van der Waals surface area contributed by atoms with Crippen LogP contribution in [0.4, 0.5) is 0 Å². The minimum Gasteiger partial charge on any atom is -0.421 e. The van der Waals surface area contributed by atoms with Gasteiger partial charge in [-0.1, -0.05) is 35.9 Å². The average Bonchev–Trinajstić information content (AvgIpc) is 3.45. The number of likely N-dealkylation sites (tertiary alicyclic amines) is 1. The Balaban J connectivity index is 1.27. The maximum Gasteiger partial charge on any atom is 0.247 e. The van der Waals surface area contributed by atoms with Crippen LogP contribution in [0.2, 0.25) is 0 Å². The van der Waals surface area contributed by atoms with E-state index >= 15 is 0 Å². The number of piperidine rings is 1. The van der Waals surface area contributed by atoms with Gasteiger partial charge in [0.2, 0.25) is 17.7 Å². The molecule has 0 saturated carbocycles. The number of para-hydroxylation sites is 1. The standard InChI is InChI=1S/C25H26N4O2/c1-17-9-11-18(12-10-17)25-28-27-23(31-25)13-14-24(30)29-15-5-4-8-22(29)21-16-19-6-2-3-7-20(19)26-21/h2-3,6-7,9-12,16,22,26H,4-5,8,13-15H2,1H3. The SMILES string of the molecule is Cc1ccc(-c2nnc(CCC(=O)N3CCCCC3c3cc4ccccc4[nH]3)o2)cc1. The number of aromatic amines is 1. The van der Waals surface area contributed by atoms with Gasteiger partial charge in [0, 0.05) is 36.2 Å². The molecule has 5 rings (SSSR count). The molecule has 1 aliphatic rings. The van der Waals surface area contributed by atoms with Crippen molar-refractivity contribution in [1.82, 2.24) is 20.1 Å². The predicted molar refractivity (Wildman–Crippen MR) is 119 cm³/mol. The van der Waals surface area contributed by atoms with Crippen LogP contribution in [0.3, 0.4) is 0 Å². The van der Waals surface area contributed by atoms with Crippen LogP contribution in [0.1, 0.15) is 48.9 Å². The van der Waals surface area contributed by atoms with Gasteiger partial charge in [-0.2, -0.15) is 0 Å². The first-order valence-electron chi connectivity index (χ1n) is 10.9. The maximum absolute atomic E-state index is 13.1. The van der Waals surface area contributed by atoms with Gasteiger partial charge < -0.3 is 14.3 Å². The highest BCUT2D eigenvalue weighted by Crippen LogP contribution is 2.33. The van der Waals surface area contributed by atoms with Gasteiger partial charge in [0.05, 0.1) is 6.04 Å². The minimum atomic E-state index is 0.0967. The number of carbonyl (C=O) groups is 1. The topological polar surface area (TPSA) is 75.0 Å². The fourth-order valence-electron chi connectivity index (χ4n) is 4.35. The predicted octanol–water partition coefficient (Wildman–Crippen LogP) is 5.21. The van der Waals surface area contributed by atoms with Crippen LogP contribution in [0.25, 0.3) is 22.4 Å². The zero-order valence-corrected chi connectivity index (χ0v) is 17.7. The lowest BCUT2D eigenvalue weighted by Crippen LogP contribution is -2.38. The summed E-state index contributed by atoms with van der Waals surface area (Å²) in [5.41, 5.74) is 4.31. The summed E-state index contributed by atoms with van der Waals surface area (Å²) in [6, 6.07) is 18.5. The van der Waals surface area contributed by atoms with Crippen LogP contribution < -0.4 is 0 Å². The zero-order chi connectivity index (χ0) is 21.2. The van der Waals surface area contributed by atoms with E-state index in [1.807, 2.05) is 48.2 Å². The number of nitrogens with zero attached hydrogens (tertiary/aromatic N) is 3. The van der Waals surface area contributed by atoms with Crippen LogP contribution >= 0.6 is 0 Å². The molecular weight excluding hydrogens is 388 g/mol. The van der Waals surface area contributed by atoms with E-state index in [1.54, 1.807) is 0 Å². The molecule has 6 nitrogen and oxygen atoms in total. The third-order valence-corrected chi connectivity index (χ3v) is 6.05. The van der Waals surface area contributed by atoms with E-state index in [2.05, 4.69) is 33.4 Å². The lowest BCUT2D eigenvalue weighted by atomic mass is 9.98. The quantitative estimate of drug-likeness (QED) is 0.486. The summed E-state index contributed by atoms with van der Waals surface area (Å²) in [5, 5.41) is 9.48. The Morgan fingerprint density at radius 2 is 1.97 bits per heavy atom. The number of carbonyl (C=O) groups excluding carboxylic acids is 1. The number of aromatic nitrogens is 3. The normalized spacial score (nSPS) is 16.7. The van der Waals surface area contributed by atoms with Gasteiger partial charge in [-0.15, -0.1) is 10.2 Å². The summed E-state index contributed by atoms with van der Waals surface area (Å²) >= 11 is 0. The van der Waals surface area contributed by atoms with Crippen molar-refractivity contribution in [3.8, 4) is 11.5 Å². The number of rotatable bonds is 5. The molecule has 1 aliphatic heterocycles. The maximum atomic E-state index is 13.1. The molecule has 1 unspecified atom stereocenters. The van der Waals surface area contributed by atoms with E-state index in [9.17, 15) is 4.79 Å². The van der Waals surface area contributed by atoms with Gasteiger partial charge in [0.1, 0.15) is 0 Å². The highest BCUT2D eigenvalue weighted by atomic mass is 16.4. The van der Waals surface area contributed by atoms with Crippen molar-refractivity contribution in [2.75, 3.05) is 6.54 Å². The number of H-pyrrole nitrogens is 1. The second kappa shape index (κ2) is 8.38. The number of aryl methyl sites for hydroxylation is 2. The summed E-state index contributed by atoms with van der Waals surface area (Å²) in [4.78, 5) is 18.6. The number of hydrogen-bond donors (Lipinski definition) is 1. The summed E-state index contributed by atoms with van der Waals surface area (Å²) in [7, 11) is 0. The molecule has 1 fully saturated rings. The van der Waals surface area contributed by atoms with E-state index in [0.717, 1.165) is 42.6 Å². The van der Waals surface area contributed by atoms with Crippen molar-refractivity contribution < 1.29 is 9.21 Å². The molecule has 1 atom stereocenters. The van der Waals surface area contributed by atoms with Crippen LogP contribution in [0.15, 0.2) is 59.0 Å². The van der Waals surface area contributed by atoms with Gasteiger partial charge in [0.15, 0.2) is 0 Å². The van der Waals surface area contributed by atoms with Gasteiger partial charge in [-0.3, -0.25) is 4.79 Å². The second-order valence-corrected chi connectivity index (χ2v) is 8.28. The van der Waals surface area contributed by atoms with Crippen molar-refractivity contribution in [3.05, 3.63) is 71.7 Å². The van der Waals surface area contributed by atoms with Gasteiger partial charge in [-0.05, 0) is 55.8 Å². The zero-order valence-electron chi connectivity index (χ0n) is 17.7. The molecule has 0 bridgehead atoms. The van der Waals surface area contributed by atoms with Crippen molar-refractivity contribution in [3.63, 3.8) is 0 Å². The monoisotopic (exact) mass is 414 g/mol. The van der Waals surface area contributed by atoms with Crippen molar-refractivity contribution >= 4 is 16.8 Å². The number of fused-ring (bicyclic) bond motifs is 1. The molecular formula is C25H26N4O2. The molecule has 2 aromatic carbocycles. The summed E-state index contributed by atoms with van der Waals surface area (Å²) in [5.74, 6) is 1.14. The Kier molecular flexibility index (Phi) is 5.28. The van der Waals surface area contributed by atoms with Crippen molar-refractivity contribution in [2.24, 2.45) is 0 Å². The molecule has 1 saturated heterocycles. The van der Waals surface area contributed by atoms with Gasteiger partial charge in [-0.25, -0.2) is 0 Å². The Morgan fingerprint density at radius 1 is 1.13 bits per heavy atom. The third-order valence-electron chi connectivity index (χ3n) is 6.05. The van der Waals surface area contributed by atoms with Crippen LogP contribution in [0, 0.1) is 6.92 Å². The number of benzene rings is 2. The molecule has 0 aliphatic carbocycles. The highest BCUT2D eigenvalue weighted by molar-refractivity contribution is 5.81. The van der Waals surface area contributed by atoms with E-state index in [0.29, 0.717) is 24.6 Å².